The van der Waals surface area contributed by atoms with Crippen molar-refractivity contribution < 1.29 is 32.6 Å². The Labute approximate surface area is 217 Å². The molecule has 0 spiro atoms. The van der Waals surface area contributed by atoms with E-state index in [-0.39, 0.29) is 0 Å². The predicted octanol–water partition coefficient (Wildman–Crippen LogP) is 4.47. The topological polar surface area (TPSA) is 84.2 Å². The molecule has 3 aliphatic rings. The lowest BCUT2D eigenvalue weighted by atomic mass is 10.0. The van der Waals surface area contributed by atoms with Gasteiger partial charge in [-0.2, -0.15) is 0 Å². The van der Waals surface area contributed by atoms with Gasteiger partial charge in [-0.25, -0.2) is 8.78 Å². The molecular weight excluding hydrogens is 538 g/mol. The maximum atomic E-state index is 12.6. The van der Waals surface area contributed by atoms with Gasteiger partial charge >= 0.3 is 0 Å². The molecule has 2 aromatic rings. The van der Waals surface area contributed by atoms with Crippen LogP contribution < -0.4 is 14.8 Å². The van der Waals surface area contributed by atoms with Crippen LogP contribution in [-0.4, -0.2) is 61.5 Å². The number of likely N-dealkylation sites (tertiary alicyclic amines) is 1. The van der Waals surface area contributed by atoms with Crippen molar-refractivity contribution in [2.24, 2.45) is 0 Å². The number of hydrogen-bond acceptors (Lipinski definition) is 6. The molecule has 1 aliphatic carbocycles. The summed E-state index contributed by atoms with van der Waals surface area (Å²) in [6.07, 6.45) is 5.06. The van der Waals surface area contributed by atoms with Gasteiger partial charge in [-0.1, -0.05) is 22.0 Å². The molecule has 0 unspecified atom stereocenters. The molecule has 0 bridgehead atoms. The second kappa shape index (κ2) is 12.7. The minimum atomic E-state index is -1.09. The highest BCUT2D eigenvalue weighted by Crippen LogP contribution is 2.34. The zero-order chi connectivity index (χ0) is 25.5. The lowest BCUT2D eigenvalue weighted by Gasteiger charge is -2.29. The largest absolute Gasteiger partial charge is 0.486 e. The van der Waals surface area contributed by atoms with Gasteiger partial charge in [0.05, 0.1) is 6.04 Å². The Hall–Kier alpha value is -2.43. The van der Waals surface area contributed by atoms with Gasteiger partial charge in [0, 0.05) is 18.5 Å². The van der Waals surface area contributed by atoms with E-state index in [0.717, 1.165) is 54.6 Å². The molecule has 2 aliphatic heterocycles. The van der Waals surface area contributed by atoms with Gasteiger partial charge in [-0.05, 0) is 66.7 Å². The zero-order valence-corrected chi connectivity index (χ0v) is 21.6. The monoisotopic (exact) mass is 568 g/mol. The molecule has 3 heterocycles. The van der Waals surface area contributed by atoms with Crippen LogP contribution in [0.15, 0.2) is 33.2 Å². The van der Waals surface area contributed by atoms with Crippen molar-refractivity contribution in [1.82, 2.24) is 10.2 Å². The Balaban J connectivity index is 0.000000211. The van der Waals surface area contributed by atoms with Crippen LogP contribution in [0.4, 0.5) is 8.78 Å². The Morgan fingerprint density at radius 1 is 1.11 bits per heavy atom. The molecule has 2 N–H and O–H groups in total. The number of nitrogens with zero attached hydrogens (tertiary/aromatic N) is 1. The molecule has 5 rings (SSSR count). The summed E-state index contributed by atoms with van der Waals surface area (Å²) >= 11 is 3.41. The number of alkyl halides is 2. The SMILES string of the molecule is FCc1cc2c(o1)CCC(Br)=C2.O=C(CF)N[C@H](CN1CCCC1)[C@H](O)c1ccc2c(c1)OCCO2. The standard InChI is InChI=1S/C17H23FN2O4.C9H8BrFO/c18-10-16(21)19-13(11-20-5-1-2-6-20)17(22)12-3-4-14-15(9-12)24-8-7-23-14;10-7-1-2-9-6(3-7)4-8(5-11)12-9/h3-4,9,13,17,22H,1-2,5-8,10-11H2,(H,19,21);3-4H,1-2,5H2/t13-,17-;/m1./s1. The molecule has 196 valence electrons. The van der Waals surface area contributed by atoms with Gasteiger partial charge in [-0.15, -0.1) is 0 Å². The van der Waals surface area contributed by atoms with Crippen molar-refractivity contribution in [3.8, 4) is 11.5 Å². The van der Waals surface area contributed by atoms with Crippen LogP contribution in [0.1, 0.15) is 48.0 Å². The zero-order valence-electron chi connectivity index (χ0n) is 20.0. The molecule has 1 saturated heterocycles. The van der Waals surface area contributed by atoms with E-state index in [0.29, 0.717) is 42.6 Å². The number of aliphatic hydroxyl groups excluding tert-OH is 1. The van der Waals surface area contributed by atoms with Crippen LogP contribution in [0.2, 0.25) is 0 Å². The molecule has 1 fully saturated rings. The maximum absolute atomic E-state index is 12.6. The third-order valence-corrected chi connectivity index (χ3v) is 6.96. The van der Waals surface area contributed by atoms with Gasteiger partial charge in [0.15, 0.2) is 18.2 Å². The quantitative estimate of drug-likeness (QED) is 0.512. The first kappa shape index (κ1) is 26.6. The van der Waals surface area contributed by atoms with Crippen LogP contribution in [-0.2, 0) is 17.9 Å². The van der Waals surface area contributed by atoms with Crippen LogP contribution in [0.25, 0.3) is 6.08 Å². The Bertz CT molecular complexity index is 1070. The molecule has 10 heteroatoms. The number of furan rings is 1. The number of allylic oxidation sites excluding steroid dienone is 1. The second-order valence-corrected chi connectivity index (χ2v) is 10.00. The van der Waals surface area contributed by atoms with E-state index in [1.807, 2.05) is 6.08 Å². The highest BCUT2D eigenvalue weighted by Gasteiger charge is 2.27. The first-order chi connectivity index (χ1) is 17.5. The summed E-state index contributed by atoms with van der Waals surface area (Å²) in [6.45, 7) is 1.69. The van der Waals surface area contributed by atoms with Crippen molar-refractivity contribution >= 4 is 27.9 Å². The summed E-state index contributed by atoms with van der Waals surface area (Å²) in [6, 6.07) is 6.40. The number of nitrogens with one attached hydrogen (secondary N) is 1. The summed E-state index contributed by atoms with van der Waals surface area (Å²) in [7, 11) is 0. The highest BCUT2D eigenvalue weighted by atomic mass is 79.9. The van der Waals surface area contributed by atoms with Crippen LogP contribution in [0.3, 0.4) is 0 Å². The van der Waals surface area contributed by atoms with Gasteiger partial charge in [0.2, 0.25) is 0 Å². The first-order valence-corrected chi connectivity index (χ1v) is 12.9. The Morgan fingerprint density at radius 2 is 1.86 bits per heavy atom. The molecule has 1 amide bonds. The smallest absolute Gasteiger partial charge is 0.251 e. The third kappa shape index (κ3) is 6.86. The van der Waals surface area contributed by atoms with Crippen molar-refractivity contribution in [2.75, 3.05) is 39.5 Å². The molecule has 0 saturated carbocycles. The van der Waals surface area contributed by atoms with Crippen LogP contribution in [0.5, 0.6) is 11.5 Å². The first-order valence-electron chi connectivity index (χ1n) is 12.2. The van der Waals surface area contributed by atoms with E-state index >= 15 is 0 Å². The highest BCUT2D eigenvalue weighted by molar-refractivity contribution is 9.11. The fraction of sp³-hybridized carbons (Fsp3) is 0.500. The van der Waals surface area contributed by atoms with Crippen molar-refractivity contribution in [1.29, 1.82) is 0 Å². The summed E-state index contributed by atoms with van der Waals surface area (Å²) < 4.78 is 42.2. The van der Waals surface area contributed by atoms with Crippen molar-refractivity contribution in [2.45, 2.75) is 44.5 Å². The second-order valence-electron chi connectivity index (χ2n) is 8.98. The number of halogens is 3. The number of fused-ring (bicyclic) bond motifs is 2. The number of ether oxygens (including phenoxy) is 2. The number of hydrogen-bond donors (Lipinski definition) is 2. The fourth-order valence-corrected chi connectivity index (χ4v) is 4.99. The molecular formula is C26H31BrF2N2O5. The van der Waals surface area contributed by atoms with E-state index in [1.165, 1.54) is 0 Å². The molecule has 36 heavy (non-hydrogen) atoms. The summed E-state index contributed by atoms with van der Waals surface area (Å²) in [4.78, 5) is 13.7. The number of amides is 1. The van der Waals surface area contributed by atoms with Crippen molar-refractivity contribution in [3.63, 3.8) is 0 Å². The molecule has 0 radical (unpaired) electrons. The third-order valence-electron chi connectivity index (χ3n) is 6.34. The van der Waals surface area contributed by atoms with E-state index < -0.39 is 31.4 Å². The van der Waals surface area contributed by atoms with E-state index in [1.54, 1.807) is 24.3 Å². The number of carbonyl (C=O) groups excluding carboxylic acids is 1. The van der Waals surface area contributed by atoms with E-state index in [9.17, 15) is 18.7 Å². The fourth-order valence-electron chi connectivity index (χ4n) is 4.55. The molecule has 1 aromatic heterocycles. The minimum Gasteiger partial charge on any atom is -0.486 e. The number of aliphatic hydroxyl groups is 1. The van der Waals surface area contributed by atoms with Crippen LogP contribution >= 0.6 is 15.9 Å². The Kier molecular flexibility index (Phi) is 9.39. The Morgan fingerprint density at radius 3 is 2.58 bits per heavy atom. The number of aryl methyl sites for hydroxylation is 1. The lowest BCUT2D eigenvalue weighted by Crippen LogP contribution is -2.47. The van der Waals surface area contributed by atoms with Gasteiger partial charge in [0.1, 0.15) is 37.5 Å². The van der Waals surface area contributed by atoms with Gasteiger partial charge in [-0.3, -0.25) is 4.79 Å². The van der Waals surface area contributed by atoms with E-state index in [4.69, 9.17) is 13.9 Å². The van der Waals surface area contributed by atoms with E-state index in [2.05, 4.69) is 26.1 Å². The predicted molar refractivity (Wildman–Crippen MR) is 135 cm³/mol. The molecule has 7 nitrogen and oxygen atoms in total. The number of benzene rings is 1. The lowest BCUT2D eigenvalue weighted by molar-refractivity contribution is -0.123. The van der Waals surface area contributed by atoms with Gasteiger partial charge in [0.25, 0.3) is 5.91 Å². The molecule has 1 aromatic carbocycles. The summed E-state index contributed by atoms with van der Waals surface area (Å²) in [5.41, 5.74) is 1.63. The average Bonchev–Trinajstić information content (AvgIpc) is 3.57. The summed E-state index contributed by atoms with van der Waals surface area (Å²) in [5.74, 6) is 1.84. The normalized spacial score (nSPS) is 18.4. The summed E-state index contributed by atoms with van der Waals surface area (Å²) in [5, 5.41) is 13.3. The van der Waals surface area contributed by atoms with Crippen LogP contribution in [0, 0.1) is 0 Å². The average molecular weight is 569 g/mol. The number of carbonyl (C=O) groups is 1. The molecule has 2 atom stereocenters. The number of rotatable bonds is 7. The van der Waals surface area contributed by atoms with Crippen molar-refractivity contribution in [3.05, 3.63) is 51.4 Å². The van der Waals surface area contributed by atoms with Gasteiger partial charge < -0.3 is 29.2 Å². The maximum Gasteiger partial charge on any atom is 0.251 e. The minimum absolute atomic E-state index is 0.429.